The Morgan fingerprint density at radius 1 is 1.33 bits per heavy atom. The molecule has 1 saturated heterocycles. The van der Waals surface area contributed by atoms with E-state index < -0.39 is 0 Å². The van der Waals surface area contributed by atoms with Gasteiger partial charge in [0, 0.05) is 25.1 Å². The maximum atomic E-state index is 12.4. The van der Waals surface area contributed by atoms with Crippen LogP contribution in [0.25, 0.3) is 6.08 Å². The number of carbonyl (C=O) groups excluding carboxylic acids is 1. The molecule has 1 fully saturated rings. The van der Waals surface area contributed by atoms with Gasteiger partial charge in [0.2, 0.25) is 11.8 Å². The molecule has 1 aliphatic rings. The first-order valence-corrected chi connectivity index (χ1v) is 8.49. The van der Waals surface area contributed by atoms with E-state index in [0.717, 1.165) is 30.8 Å². The Balaban J connectivity index is 1.64. The Morgan fingerprint density at radius 2 is 2.12 bits per heavy atom. The van der Waals surface area contributed by atoms with E-state index in [1.54, 1.807) is 6.08 Å². The van der Waals surface area contributed by atoms with Crippen LogP contribution in [0.5, 0.6) is 0 Å². The van der Waals surface area contributed by atoms with Crippen molar-refractivity contribution in [2.24, 2.45) is 0 Å². The predicted molar refractivity (Wildman–Crippen MR) is 92.4 cm³/mol. The third-order valence-corrected chi connectivity index (χ3v) is 4.27. The molecule has 24 heavy (non-hydrogen) atoms. The minimum absolute atomic E-state index is 0.0344. The predicted octanol–water partition coefficient (Wildman–Crippen LogP) is 3.61. The number of piperidine rings is 1. The average Bonchev–Trinajstić information content (AvgIpc) is 3.11. The fourth-order valence-corrected chi connectivity index (χ4v) is 2.86. The van der Waals surface area contributed by atoms with Crippen LogP contribution >= 0.6 is 0 Å². The molecule has 1 amide bonds. The lowest BCUT2D eigenvalue weighted by Gasteiger charge is -2.30. The Labute approximate surface area is 142 Å². The van der Waals surface area contributed by atoms with Crippen molar-refractivity contribution >= 4 is 12.0 Å². The minimum atomic E-state index is 0.0344. The molecule has 0 saturated carbocycles. The molecule has 0 radical (unpaired) electrons. The van der Waals surface area contributed by atoms with Crippen LogP contribution in [0.2, 0.25) is 0 Å². The maximum Gasteiger partial charge on any atom is 0.246 e. The summed E-state index contributed by atoms with van der Waals surface area (Å²) in [5.74, 6) is 1.80. The summed E-state index contributed by atoms with van der Waals surface area (Å²) in [5.41, 5.74) is 1.03. The summed E-state index contributed by atoms with van der Waals surface area (Å²) in [6.07, 6.45) is 5.43. The molecule has 5 heteroatoms. The van der Waals surface area contributed by atoms with E-state index in [9.17, 15) is 4.79 Å². The van der Waals surface area contributed by atoms with Gasteiger partial charge in [-0.1, -0.05) is 49.3 Å². The SMILES string of the molecule is CC(C)c1noc(C2CCCN(C(=O)/C=C/c3ccccc3)C2)n1. The van der Waals surface area contributed by atoms with Gasteiger partial charge in [-0.05, 0) is 24.5 Å². The van der Waals surface area contributed by atoms with Gasteiger partial charge < -0.3 is 9.42 Å². The fraction of sp³-hybridized carbons (Fsp3) is 0.421. The number of benzene rings is 1. The molecule has 3 rings (SSSR count). The van der Waals surface area contributed by atoms with Crippen LogP contribution in [0, 0.1) is 0 Å². The molecule has 2 heterocycles. The number of hydrogen-bond acceptors (Lipinski definition) is 4. The molecule has 0 N–H and O–H groups in total. The monoisotopic (exact) mass is 325 g/mol. The van der Waals surface area contributed by atoms with Crippen molar-refractivity contribution < 1.29 is 9.32 Å². The second kappa shape index (κ2) is 7.43. The number of likely N-dealkylation sites (tertiary alicyclic amines) is 1. The van der Waals surface area contributed by atoms with Crippen LogP contribution < -0.4 is 0 Å². The van der Waals surface area contributed by atoms with Crippen LogP contribution in [0.1, 0.15) is 55.8 Å². The molecular weight excluding hydrogens is 302 g/mol. The van der Waals surface area contributed by atoms with E-state index in [1.807, 2.05) is 55.2 Å². The molecule has 0 bridgehead atoms. The zero-order valence-electron chi connectivity index (χ0n) is 14.2. The molecule has 1 aliphatic heterocycles. The number of nitrogens with zero attached hydrogens (tertiary/aromatic N) is 3. The Kier molecular flexibility index (Phi) is 5.08. The lowest BCUT2D eigenvalue weighted by atomic mass is 9.98. The third-order valence-electron chi connectivity index (χ3n) is 4.27. The summed E-state index contributed by atoms with van der Waals surface area (Å²) in [5, 5.41) is 4.03. The number of hydrogen-bond donors (Lipinski definition) is 0. The largest absolute Gasteiger partial charge is 0.339 e. The molecular formula is C19H23N3O2. The number of amides is 1. The summed E-state index contributed by atoms with van der Waals surface area (Å²) < 4.78 is 5.41. The maximum absolute atomic E-state index is 12.4. The highest BCUT2D eigenvalue weighted by molar-refractivity contribution is 5.91. The Bertz CT molecular complexity index is 706. The highest BCUT2D eigenvalue weighted by atomic mass is 16.5. The highest BCUT2D eigenvalue weighted by Gasteiger charge is 2.28. The molecule has 2 aromatic rings. The number of rotatable bonds is 4. The first-order valence-electron chi connectivity index (χ1n) is 8.49. The number of carbonyl (C=O) groups is 1. The zero-order chi connectivity index (χ0) is 16.9. The van der Waals surface area contributed by atoms with Crippen molar-refractivity contribution in [2.75, 3.05) is 13.1 Å². The van der Waals surface area contributed by atoms with Crippen LogP contribution in [-0.2, 0) is 4.79 Å². The smallest absolute Gasteiger partial charge is 0.246 e. The van der Waals surface area contributed by atoms with Crippen molar-refractivity contribution in [1.82, 2.24) is 15.0 Å². The van der Waals surface area contributed by atoms with Crippen LogP contribution in [-0.4, -0.2) is 34.0 Å². The Hall–Kier alpha value is -2.43. The van der Waals surface area contributed by atoms with Gasteiger partial charge in [-0.2, -0.15) is 4.98 Å². The van der Waals surface area contributed by atoms with E-state index in [1.165, 1.54) is 0 Å². The average molecular weight is 325 g/mol. The lowest BCUT2D eigenvalue weighted by molar-refractivity contribution is -0.127. The van der Waals surface area contributed by atoms with Crippen molar-refractivity contribution in [2.45, 2.75) is 38.5 Å². The summed E-state index contributed by atoms with van der Waals surface area (Å²) in [6.45, 7) is 5.50. The van der Waals surface area contributed by atoms with Crippen molar-refractivity contribution in [3.8, 4) is 0 Å². The number of aromatic nitrogens is 2. The van der Waals surface area contributed by atoms with E-state index in [2.05, 4.69) is 10.1 Å². The van der Waals surface area contributed by atoms with Gasteiger partial charge in [-0.3, -0.25) is 4.79 Å². The second-order valence-corrected chi connectivity index (χ2v) is 6.51. The van der Waals surface area contributed by atoms with Gasteiger partial charge in [0.25, 0.3) is 0 Å². The van der Waals surface area contributed by atoms with Crippen molar-refractivity contribution in [3.63, 3.8) is 0 Å². The summed E-state index contributed by atoms with van der Waals surface area (Å²) >= 11 is 0. The van der Waals surface area contributed by atoms with Gasteiger partial charge in [0.05, 0.1) is 5.92 Å². The molecule has 0 aliphatic carbocycles. The highest BCUT2D eigenvalue weighted by Crippen LogP contribution is 2.27. The van der Waals surface area contributed by atoms with Gasteiger partial charge in [0.15, 0.2) is 5.82 Å². The van der Waals surface area contributed by atoms with E-state index in [0.29, 0.717) is 12.4 Å². The van der Waals surface area contributed by atoms with Gasteiger partial charge in [0.1, 0.15) is 0 Å². The summed E-state index contributed by atoms with van der Waals surface area (Å²) in [4.78, 5) is 18.8. The van der Waals surface area contributed by atoms with Gasteiger partial charge >= 0.3 is 0 Å². The first kappa shape index (κ1) is 16.4. The van der Waals surface area contributed by atoms with Crippen LogP contribution in [0.4, 0.5) is 0 Å². The fourth-order valence-electron chi connectivity index (χ4n) is 2.86. The lowest BCUT2D eigenvalue weighted by Crippen LogP contribution is -2.38. The minimum Gasteiger partial charge on any atom is -0.339 e. The molecule has 0 spiro atoms. The van der Waals surface area contributed by atoms with Crippen molar-refractivity contribution in [3.05, 3.63) is 53.7 Å². The zero-order valence-corrected chi connectivity index (χ0v) is 14.2. The molecule has 1 atom stereocenters. The standard InChI is InChI=1S/C19H23N3O2/c1-14(2)18-20-19(24-21-18)16-9-6-12-22(13-16)17(23)11-10-15-7-4-3-5-8-15/h3-5,7-8,10-11,14,16H,6,9,12-13H2,1-2H3/b11-10+. The van der Waals surface area contributed by atoms with E-state index in [-0.39, 0.29) is 17.7 Å². The molecule has 1 aromatic heterocycles. The third kappa shape index (κ3) is 3.91. The summed E-state index contributed by atoms with van der Waals surface area (Å²) in [7, 11) is 0. The Morgan fingerprint density at radius 3 is 2.83 bits per heavy atom. The van der Waals surface area contributed by atoms with Gasteiger partial charge in [-0.15, -0.1) is 0 Å². The van der Waals surface area contributed by atoms with Crippen LogP contribution in [0.15, 0.2) is 40.9 Å². The quantitative estimate of drug-likeness (QED) is 0.806. The van der Waals surface area contributed by atoms with Crippen LogP contribution in [0.3, 0.4) is 0 Å². The van der Waals surface area contributed by atoms with Crippen molar-refractivity contribution in [1.29, 1.82) is 0 Å². The summed E-state index contributed by atoms with van der Waals surface area (Å²) in [6, 6.07) is 9.85. The first-order chi connectivity index (χ1) is 11.6. The molecule has 5 nitrogen and oxygen atoms in total. The van der Waals surface area contributed by atoms with E-state index >= 15 is 0 Å². The van der Waals surface area contributed by atoms with Gasteiger partial charge in [-0.25, -0.2) is 0 Å². The molecule has 1 aromatic carbocycles. The van der Waals surface area contributed by atoms with E-state index in [4.69, 9.17) is 4.52 Å². The molecule has 1 unspecified atom stereocenters. The normalized spacial score (nSPS) is 18.5. The topological polar surface area (TPSA) is 59.2 Å². The molecule has 126 valence electrons. The second-order valence-electron chi connectivity index (χ2n) is 6.51.